The topological polar surface area (TPSA) is 86.8 Å². The summed E-state index contributed by atoms with van der Waals surface area (Å²) in [6.07, 6.45) is 6.78. The molecule has 38 heavy (non-hydrogen) atoms. The van der Waals surface area contributed by atoms with Crippen molar-refractivity contribution in [2.24, 2.45) is 0 Å². The summed E-state index contributed by atoms with van der Waals surface area (Å²) < 4.78 is 26.3. The lowest BCUT2D eigenvalue weighted by molar-refractivity contribution is -0.141. The lowest BCUT2D eigenvalue weighted by atomic mass is 9.95. The molecule has 1 N–H and O–H groups in total. The van der Waals surface area contributed by atoms with E-state index in [9.17, 15) is 18.0 Å². The molecule has 0 saturated heterocycles. The molecule has 2 aromatic rings. The van der Waals surface area contributed by atoms with Crippen LogP contribution in [0.4, 0.5) is 5.69 Å². The van der Waals surface area contributed by atoms with Crippen LogP contribution >= 0.6 is 23.2 Å². The van der Waals surface area contributed by atoms with Gasteiger partial charge < -0.3 is 10.2 Å². The van der Waals surface area contributed by atoms with Crippen LogP contribution in [0.25, 0.3) is 0 Å². The smallest absolute Gasteiger partial charge is 0.242 e. The zero-order valence-corrected chi connectivity index (χ0v) is 24.6. The number of anilines is 1. The Hall–Kier alpha value is -2.29. The van der Waals surface area contributed by atoms with Gasteiger partial charge in [0.2, 0.25) is 21.8 Å². The fraction of sp³-hybridized carbons (Fsp3) is 0.500. The van der Waals surface area contributed by atoms with Crippen LogP contribution in [0, 0.1) is 6.92 Å². The molecule has 7 nitrogen and oxygen atoms in total. The molecule has 0 radical (unpaired) electrons. The number of aryl methyl sites for hydroxylation is 1. The van der Waals surface area contributed by atoms with E-state index in [1.807, 2.05) is 13.0 Å². The largest absolute Gasteiger partial charge is 0.352 e. The molecule has 1 aliphatic rings. The average Bonchev–Trinajstić information content (AvgIpc) is 2.86. The van der Waals surface area contributed by atoms with Crippen LogP contribution in [0.1, 0.15) is 63.0 Å². The summed E-state index contributed by atoms with van der Waals surface area (Å²) in [5.74, 6) is -0.428. The van der Waals surface area contributed by atoms with Gasteiger partial charge in [0.05, 0.1) is 22.0 Å². The van der Waals surface area contributed by atoms with Crippen LogP contribution in [0.15, 0.2) is 42.5 Å². The highest BCUT2D eigenvalue weighted by atomic mass is 35.5. The molecular formula is C28H37Cl2N3O4S. The number of carbonyl (C=O) groups is 2. The van der Waals surface area contributed by atoms with Gasteiger partial charge in [-0.25, -0.2) is 8.42 Å². The van der Waals surface area contributed by atoms with Crippen molar-refractivity contribution in [3.05, 3.63) is 63.6 Å². The Labute approximate surface area is 236 Å². The molecule has 0 bridgehead atoms. The van der Waals surface area contributed by atoms with Crippen LogP contribution in [0.3, 0.4) is 0 Å². The molecule has 1 atom stereocenters. The van der Waals surface area contributed by atoms with E-state index in [2.05, 4.69) is 5.32 Å². The van der Waals surface area contributed by atoms with Crippen molar-refractivity contribution in [2.75, 3.05) is 17.1 Å². The van der Waals surface area contributed by atoms with Gasteiger partial charge in [0, 0.05) is 25.6 Å². The molecule has 1 saturated carbocycles. The highest BCUT2D eigenvalue weighted by Crippen LogP contribution is 2.25. The van der Waals surface area contributed by atoms with E-state index in [0.717, 1.165) is 43.1 Å². The van der Waals surface area contributed by atoms with Crippen molar-refractivity contribution in [3.8, 4) is 0 Å². The van der Waals surface area contributed by atoms with E-state index in [1.165, 1.54) is 15.6 Å². The standard InChI is InChI=1S/C28H37Cl2N3O4S/c1-20-9-7-12-24(17-20)33(38(3,36)37)16-8-13-27(34)32(19-22-14-15-25(29)26(30)18-22)21(2)28(35)31-23-10-5-4-6-11-23/h7,9,12,14-15,17-18,21,23H,4-6,8,10-11,13,16,19H2,1-3H3,(H,31,35)/t21-/m1/s1. The first-order valence-corrected chi connectivity index (χ1v) is 15.6. The monoisotopic (exact) mass is 581 g/mol. The third-order valence-electron chi connectivity index (χ3n) is 6.90. The van der Waals surface area contributed by atoms with Gasteiger partial charge in [-0.15, -0.1) is 0 Å². The molecule has 0 heterocycles. The maximum absolute atomic E-state index is 13.5. The molecule has 0 spiro atoms. The van der Waals surface area contributed by atoms with Crippen LogP contribution in [-0.4, -0.2) is 50.0 Å². The fourth-order valence-electron chi connectivity index (χ4n) is 4.77. The van der Waals surface area contributed by atoms with Gasteiger partial charge in [-0.2, -0.15) is 0 Å². The Kier molecular flexibility index (Phi) is 10.9. The predicted molar refractivity (Wildman–Crippen MR) is 154 cm³/mol. The van der Waals surface area contributed by atoms with Gasteiger partial charge in [-0.1, -0.05) is 60.7 Å². The van der Waals surface area contributed by atoms with Crippen molar-refractivity contribution in [2.45, 2.75) is 77.4 Å². The Morgan fingerprint density at radius 1 is 1.05 bits per heavy atom. The van der Waals surface area contributed by atoms with Crippen molar-refractivity contribution in [1.82, 2.24) is 10.2 Å². The molecule has 10 heteroatoms. The number of hydrogen-bond donors (Lipinski definition) is 1. The van der Waals surface area contributed by atoms with Gasteiger partial charge in [0.1, 0.15) is 6.04 Å². The predicted octanol–water partition coefficient (Wildman–Crippen LogP) is 5.71. The Balaban J connectivity index is 1.74. The van der Waals surface area contributed by atoms with Crippen molar-refractivity contribution in [3.63, 3.8) is 0 Å². The summed E-state index contributed by atoms with van der Waals surface area (Å²) in [5, 5.41) is 3.90. The first-order chi connectivity index (χ1) is 18.0. The number of halogens is 2. The second kappa shape index (κ2) is 13.7. The number of carbonyl (C=O) groups excluding carboxylic acids is 2. The molecule has 0 unspecified atom stereocenters. The molecule has 0 aliphatic heterocycles. The van der Waals surface area contributed by atoms with Crippen LogP contribution in [0.5, 0.6) is 0 Å². The molecular weight excluding hydrogens is 545 g/mol. The Morgan fingerprint density at radius 2 is 1.76 bits per heavy atom. The van der Waals surface area contributed by atoms with E-state index in [1.54, 1.807) is 43.3 Å². The maximum Gasteiger partial charge on any atom is 0.242 e. The van der Waals surface area contributed by atoms with E-state index in [-0.39, 0.29) is 37.4 Å². The van der Waals surface area contributed by atoms with Gasteiger partial charge in [0.15, 0.2) is 0 Å². The van der Waals surface area contributed by atoms with E-state index >= 15 is 0 Å². The molecule has 1 aliphatic carbocycles. The van der Waals surface area contributed by atoms with Gasteiger partial charge in [-0.3, -0.25) is 13.9 Å². The van der Waals surface area contributed by atoms with Gasteiger partial charge in [-0.05, 0) is 68.5 Å². The number of amides is 2. The van der Waals surface area contributed by atoms with Crippen molar-refractivity contribution >= 4 is 50.7 Å². The summed E-state index contributed by atoms with van der Waals surface area (Å²) in [5.41, 5.74) is 2.26. The lowest BCUT2D eigenvalue weighted by Gasteiger charge is -2.31. The summed E-state index contributed by atoms with van der Waals surface area (Å²) in [7, 11) is -3.54. The summed E-state index contributed by atoms with van der Waals surface area (Å²) in [6.45, 7) is 3.96. The first kappa shape index (κ1) is 30.3. The number of hydrogen-bond acceptors (Lipinski definition) is 4. The summed E-state index contributed by atoms with van der Waals surface area (Å²) in [4.78, 5) is 28.2. The van der Waals surface area contributed by atoms with Crippen LogP contribution in [0.2, 0.25) is 10.0 Å². The quantitative estimate of drug-likeness (QED) is 0.368. The molecule has 208 valence electrons. The third kappa shape index (κ3) is 8.61. The fourth-order valence-corrected chi connectivity index (χ4v) is 6.05. The maximum atomic E-state index is 13.5. The lowest BCUT2D eigenvalue weighted by Crippen LogP contribution is -2.50. The SMILES string of the molecule is Cc1cccc(N(CCCC(=O)N(Cc2ccc(Cl)c(Cl)c2)[C@H](C)C(=O)NC2CCCCC2)S(C)(=O)=O)c1. The van der Waals surface area contributed by atoms with Gasteiger partial charge >= 0.3 is 0 Å². The van der Waals surface area contributed by atoms with Gasteiger partial charge in [0.25, 0.3) is 0 Å². The number of benzene rings is 2. The normalized spacial score (nSPS) is 15.1. The second-order valence-corrected chi connectivity index (χ2v) is 12.8. The number of nitrogens with zero attached hydrogens (tertiary/aromatic N) is 2. The Bertz CT molecular complexity index is 1230. The minimum absolute atomic E-state index is 0.0835. The second-order valence-electron chi connectivity index (χ2n) is 10.1. The number of sulfonamides is 1. The first-order valence-electron chi connectivity index (χ1n) is 13.0. The number of nitrogens with one attached hydrogen (secondary N) is 1. The van der Waals surface area contributed by atoms with Crippen LogP contribution in [-0.2, 0) is 26.2 Å². The zero-order chi connectivity index (χ0) is 27.9. The van der Waals surface area contributed by atoms with E-state index < -0.39 is 16.1 Å². The van der Waals surface area contributed by atoms with Crippen molar-refractivity contribution in [1.29, 1.82) is 0 Å². The minimum Gasteiger partial charge on any atom is -0.352 e. The third-order valence-corrected chi connectivity index (χ3v) is 8.83. The highest BCUT2D eigenvalue weighted by Gasteiger charge is 2.28. The van der Waals surface area contributed by atoms with E-state index in [4.69, 9.17) is 23.2 Å². The molecule has 1 fully saturated rings. The zero-order valence-electron chi connectivity index (χ0n) is 22.3. The summed E-state index contributed by atoms with van der Waals surface area (Å²) >= 11 is 12.3. The molecule has 2 amide bonds. The van der Waals surface area contributed by atoms with Crippen LogP contribution < -0.4 is 9.62 Å². The molecule has 0 aromatic heterocycles. The highest BCUT2D eigenvalue weighted by molar-refractivity contribution is 7.92. The molecule has 3 rings (SSSR count). The minimum atomic E-state index is -3.54. The Morgan fingerprint density at radius 3 is 2.39 bits per heavy atom. The summed E-state index contributed by atoms with van der Waals surface area (Å²) in [6, 6.07) is 11.8. The molecule has 2 aromatic carbocycles. The number of rotatable bonds is 11. The average molecular weight is 583 g/mol. The van der Waals surface area contributed by atoms with E-state index in [0.29, 0.717) is 22.2 Å². The van der Waals surface area contributed by atoms with Crippen molar-refractivity contribution < 1.29 is 18.0 Å².